The molecule has 142 valence electrons. The summed E-state index contributed by atoms with van der Waals surface area (Å²) in [4.78, 5) is 15.6. The van der Waals surface area contributed by atoms with E-state index in [2.05, 4.69) is 4.90 Å². The zero-order valence-electron chi connectivity index (χ0n) is 15.4. The van der Waals surface area contributed by atoms with Crippen molar-refractivity contribution in [3.63, 3.8) is 0 Å². The molecule has 5 nitrogen and oxygen atoms in total. The summed E-state index contributed by atoms with van der Waals surface area (Å²) in [6.45, 7) is 3.28. The van der Waals surface area contributed by atoms with Gasteiger partial charge in [0.15, 0.2) is 0 Å². The van der Waals surface area contributed by atoms with Crippen LogP contribution in [0, 0.1) is 17.8 Å². The molecule has 0 N–H and O–H groups in total. The number of hydrogen-bond acceptors (Lipinski definition) is 3. The Hall–Kier alpha value is -0.620. The van der Waals surface area contributed by atoms with Crippen LogP contribution in [0.1, 0.15) is 64.7 Å². The zero-order chi connectivity index (χ0) is 17.6. The van der Waals surface area contributed by atoms with Crippen molar-refractivity contribution in [3.05, 3.63) is 0 Å². The topological polar surface area (TPSA) is 57.7 Å². The van der Waals surface area contributed by atoms with Crippen molar-refractivity contribution in [1.29, 1.82) is 0 Å². The zero-order valence-corrected chi connectivity index (χ0v) is 16.2. The highest BCUT2D eigenvalue weighted by Crippen LogP contribution is 2.47. The highest BCUT2D eigenvalue weighted by Gasteiger charge is 2.47. The second-order valence-electron chi connectivity index (χ2n) is 8.86. The number of fused-ring (bicyclic) bond motifs is 1. The van der Waals surface area contributed by atoms with Gasteiger partial charge in [-0.05, 0) is 69.1 Å². The molecule has 5 rings (SSSR count). The van der Waals surface area contributed by atoms with Crippen LogP contribution in [-0.2, 0) is 14.8 Å². The maximum atomic E-state index is 13.5. The smallest absolute Gasteiger partial charge is 0.241 e. The van der Waals surface area contributed by atoms with Crippen molar-refractivity contribution in [3.8, 4) is 0 Å². The number of nitrogens with zero attached hydrogens (tertiary/aromatic N) is 2. The monoisotopic (exact) mass is 368 g/mol. The molecule has 1 amide bonds. The van der Waals surface area contributed by atoms with Gasteiger partial charge < -0.3 is 4.90 Å². The van der Waals surface area contributed by atoms with E-state index < -0.39 is 16.1 Å². The average molecular weight is 369 g/mol. The number of amides is 1. The van der Waals surface area contributed by atoms with Gasteiger partial charge in [-0.1, -0.05) is 13.3 Å². The van der Waals surface area contributed by atoms with Crippen LogP contribution < -0.4 is 0 Å². The minimum Gasteiger partial charge on any atom is -0.338 e. The molecular formula is C19H32N2O3S. The fraction of sp³-hybridized carbons (Fsp3) is 0.947. The van der Waals surface area contributed by atoms with Gasteiger partial charge >= 0.3 is 0 Å². The number of carbonyl (C=O) groups is 1. The average Bonchev–Trinajstić information content (AvgIpc) is 2.77. The van der Waals surface area contributed by atoms with Gasteiger partial charge in [-0.25, -0.2) is 8.42 Å². The molecular weight excluding hydrogens is 336 g/mol. The second-order valence-corrected chi connectivity index (χ2v) is 10.9. The lowest BCUT2D eigenvalue weighted by atomic mass is 9.68. The van der Waals surface area contributed by atoms with Gasteiger partial charge in [0.1, 0.15) is 6.04 Å². The summed E-state index contributed by atoms with van der Waals surface area (Å²) in [5.41, 5.74) is 0. The molecule has 5 aliphatic rings. The third kappa shape index (κ3) is 3.36. The van der Waals surface area contributed by atoms with Gasteiger partial charge in [-0.15, -0.1) is 0 Å². The van der Waals surface area contributed by atoms with Crippen LogP contribution in [0.5, 0.6) is 0 Å². The number of sulfonamides is 1. The molecule has 0 radical (unpaired) electrons. The Bertz CT molecular complexity index is 606. The van der Waals surface area contributed by atoms with E-state index in [-0.39, 0.29) is 11.7 Å². The third-order valence-electron chi connectivity index (χ3n) is 6.95. The van der Waals surface area contributed by atoms with Crippen molar-refractivity contribution < 1.29 is 13.2 Å². The number of rotatable bonds is 4. The van der Waals surface area contributed by atoms with Crippen molar-refractivity contribution in [2.24, 2.45) is 17.8 Å². The molecule has 4 bridgehead atoms. The molecule has 5 atom stereocenters. The predicted octanol–water partition coefficient (Wildman–Crippen LogP) is 2.62. The normalized spacial score (nSPS) is 38.8. The van der Waals surface area contributed by atoms with Crippen LogP contribution in [0.3, 0.4) is 0 Å². The number of hydrogen-bond donors (Lipinski definition) is 0. The van der Waals surface area contributed by atoms with Crippen LogP contribution in [0.4, 0.5) is 0 Å². The molecule has 0 aromatic rings. The van der Waals surface area contributed by atoms with E-state index in [9.17, 15) is 13.2 Å². The second kappa shape index (κ2) is 6.84. The Morgan fingerprint density at radius 2 is 1.68 bits per heavy atom. The lowest BCUT2D eigenvalue weighted by Gasteiger charge is -2.41. The maximum absolute atomic E-state index is 13.5. The Labute approximate surface area is 152 Å². The van der Waals surface area contributed by atoms with E-state index in [0.29, 0.717) is 31.3 Å². The van der Waals surface area contributed by atoms with Gasteiger partial charge in [-0.2, -0.15) is 4.31 Å². The molecule has 0 spiro atoms. The first kappa shape index (κ1) is 17.8. The molecule has 3 saturated heterocycles. The summed E-state index contributed by atoms with van der Waals surface area (Å²) < 4.78 is 26.9. The molecule has 2 aliphatic carbocycles. The van der Waals surface area contributed by atoms with E-state index in [1.807, 2.05) is 6.92 Å². The van der Waals surface area contributed by atoms with Gasteiger partial charge in [0.05, 0.1) is 5.75 Å². The lowest BCUT2D eigenvalue weighted by Crippen LogP contribution is -2.55. The minimum atomic E-state index is -3.31. The summed E-state index contributed by atoms with van der Waals surface area (Å²) in [6.07, 6.45) is 9.35. The van der Waals surface area contributed by atoms with Crippen LogP contribution in [0.25, 0.3) is 0 Å². The fourth-order valence-electron chi connectivity index (χ4n) is 6.11. The van der Waals surface area contributed by atoms with Gasteiger partial charge in [0, 0.05) is 19.1 Å². The van der Waals surface area contributed by atoms with Crippen LogP contribution in [0.15, 0.2) is 0 Å². The first-order valence-electron chi connectivity index (χ1n) is 10.3. The largest absolute Gasteiger partial charge is 0.338 e. The summed E-state index contributed by atoms with van der Waals surface area (Å²) in [5, 5.41) is 0. The van der Waals surface area contributed by atoms with Crippen LogP contribution in [-0.4, -0.2) is 54.5 Å². The van der Waals surface area contributed by atoms with Crippen LogP contribution >= 0.6 is 0 Å². The van der Waals surface area contributed by atoms with E-state index in [1.54, 1.807) is 4.31 Å². The van der Waals surface area contributed by atoms with E-state index >= 15 is 0 Å². The molecule has 0 aromatic carbocycles. The van der Waals surface area contributed by atoms with Gasteiger partial charge in [0.25, 0.3) is 0 Å². The SMILES string of the molecule is CCCS(=O)(=O)N1CCCC[C@@H]1C(=O)N1CC2C[C@@H]3CC1C[C@H](C2)C3. The first-order chi connectivity index (χ1) is 12.0. The minimum absolute atomic E-state index is 0.109. The standard InChI is InChI=1S/C19H32N2O3S/c1-2-7-25(23,24)21-6-4-3-5-18(21)19(22)20-13-16-9-14-8-15(10-16)12-17(20)11-14/h14-18H,2-13H2,1H3/t14-,15+,16?,17?,18-/m1/s1. The van der Waals surface area contributed by atoms with Crippen molar-refractivity contribution in [2.45, 2.75) is 76.8 Å². The summed E-state index contributed by atoms with van der Waals surface area (Å²) in [7, 11) is -3.31. The first-order valence-corrected chi connectivity index (χ1v) is 11.9. The highest BCUT2D eigenvalue weighted by molar-refractivity contribution is 7.89. The molecule has 6 heteroatoms. The van der Waals surface area contributed by atoms with Crippen LogP contribution in [0.2, 0.25) is 0 Å². The Balaban J connectivity index is 1.56. The third-order valence-corrected chi connectivity index (χ3v) is 9.02. The highest BCUT2D eigenvalue weighted by atomic mass is 32.2. The molecule has 5 fully saturated rings. The van der Waals surface area contributed by atoms with Gasteiger partial charge in [-0.3, -0.25) is 4.79 Å². The lowest BCUT2D eigenvalue weighted by molar-refractivity contribution is -0.139. The van der Waals surface area contributed by atoms with E-state index in [1.165, 1.54) is 19.3 Å². The molecule has 3 aliphatic heterocycles. The van der Waals surface area contributed by atoms with Gasteiger partial charge in [0.2, 0.25) is 15.9 Å². The maximum Gasteiger partial charge on any atom is 0.241 e. The summed E-state index contributed by atoms with van der Waals surface area (Å²) in [6, 6.07) is -0.0811. The molecule has 2 unspecified atom stereocenters. The Morgan fingerprint density at radius 1 is 1.00 bits per heavy atom. The number of carbonyl (C=O) groups excluding carboxylic acids is 1. The predicted molar refractivity (Wildman–Crippen MR) is 97.5 cm³/mol. The quantitative estimate of drug-likeness (QED) is 0.766. The molecule has 0 aromatic heterocycles. The Kier molecular flexibility index (Phi) is 4.86. The van der Waals surface area contributed by atoms with Crippen molar-refractivity contribution in [2.75, 3.05) is 18.8 Å². The summed E-state index contributed by atoms with van der Waals surface area (Å²) >= 11 is 0. The van der Waals surface area contributed by atoms with E-state index in [4.69, 9.17) is 0 Å². The summed E-state index contributed by atoms with van der Waals surface area (Å²) in [5.74, 6) is 2.51. The molecule has 2 saturated carbocycles. The van der Waals surface area contributed by atoms with Crippen molar-refractivity contribution >= 4 is 15.9 Å². The van der Waals surface area contributed by atoms with E-state index in [0.717, 1.165) is 44.1 Å². The Morgan fingerprint density at radius 3 is 2.36 bits per heavy atom. The fourth-order valence-corrected chi connectivity index (χ4v) is 7.85. The number of piperidine rings is 1. The molecule has 3 heterocycles. The van der Waals surface area contributed by atoms with Crippen molar-refractivity contribution in [1.82, 2.24) is 9.21 Å². The molecule has 25 heavy (non-hydrogen) atoms.